The summed E-state index contributed by atoms with van der Waals surface area (Å²) in [7, 11) is 0. The van der Waals surface area contributed by atoms with Crippen LogP contribution < -0.4 is 0 Å². The molecular weight excluding hydrogens is 278 g/mol. The van der Waals surface area contributed by atoms with Crippen LogP contribution in [0.3, 0.4) is 0 Å². The van der Waals surface area contributed by atoms with Crippen LogP contribution in [0.1, 0.15) is 27.5 Å². The van der Waals surface area contributed by atoms with Crippen molar-refractivity contribution in [3.8, 4) is 0 Å². The molecule has 1 unspecified atom stereocenters. The number of hydrogen-bond donors (Lipinski definition) is 0. The number of aromatic nitrogens is 1. The summed E-state index contributed by atoms with van der Waals surface area (Å²) in [4.78, 5) is 16.6. The highest BCUT2D eigenvalue weighted by molar-refractivity contribution is 9.10. The van der Waals surface area contributed by atoms with E-state index in [1.165, 1.54) is 0 Å². The largest absolute Gasteiger partial charge is 0.293 e. The quantitative estimate of drug-likeness (QED) is 0.805. The molecule has 1 atom stereocenters. The van der Waals surface area contributed by atoms with E-state index in [-0.39, 0.29) is 11.7 Å². The average molecular weight is 288 g/mol. The van der Waals surface area contributed by atoms with Crippen LogP contribution in [0.25, 0.3) is 0 Å². The van der Waals surface area contributed by atoms with Gasteiger partial charge in [0.05, 0.1) is 11.6 Å². The molecule has 0 radical (unpaired) electrons. The number of nitrogens with zero attached hydrogens (tertiary/aromatic N) is 1. The molecule has 3 heteroatoms. The molecule has 1 aliphatic rings. The summed E-state index contributed by atoms with van der Waals surface area (Å²) in [6, 6.07) is 11.5. The summed E-state index contributed by atoms with van der Waals surface area (Å²) in [5.74, 6) is 0.0601. The van der Waals surface area contributed by atoms with E-state index >= 15 is 0 Å². The van der Waals surface area contributed by atoms with E-state index in [2.05, 4.69) is 20.9 Å². The van der Waals surface area contributed by atoms with Crippen molar-refractivity contribution in [1.29, 1.82) is 0 Å². The van der Waals surface area contributed by atoms with Gasteiger partial charge in [-0.1, -0.05) is 34.1 Å². The smallest absolute Gasteiger partial charge is 0.172 e. The summed E-state index contributed by atoms with van der Waals surface area (Å²) in [5.41, 5.74) is 2.80. The molecule has 3 rings (SSSR count). The van der Waals surface area contributed by atoms with Crippen LogP contribution in [-0.4, -0.2) is 10.8 Å². The molecule has 2 nitrogen and oxygen atoms in total. The minimum atomic E-state index is -0.120. The fourth-order valence-corrected chi connectivity index (χ4v) is 2.83. The van der Waals surface area contributed by atoms with Crippen LogP contribution in [0.5, 0.6) is 0 Å². The number of Topliss-reactive ketones (excluding diaryl/α,β-unsaturated/α-hetero) is 1. The van der Waals surface area contributed by atoms with Crippen molar-refractivity contribution in [1.82, 2.24) is 4.98 Å². The highest BCUT2D eigenvalue weighted by Gasteiger charge is 2.33. The number of halogens is 1. The number of rotatable bonds is 1. The Morgan fingerprint density at radius 3 is 2.76 bits per heavy atom. The zero-order valence-corrected chi connectivity index (χ0v) is 10.6. The Kier molecular flexibility index (Phi) is 2.56. The zero-order valence-electron chi connectivity index (χ0n) is 9.06. The Bertz CT molecular complexity index is 580. The van der Waals surface area contributed by atoms with E-state index < -0.39 is 0 Å². The van der Waals surface area contributed by atoms with Crippen molar-refractivity contribution in [2.24, 2.45) is 0 Å². The number of benzene rings is 1. The maximum atomic E-state index is 12.3. The van der Waals surface area contributed by atoms with Gasteiger partial charge in [-0.05, 0) is 30.2 Å². The highest BCUT2D eigenvalue weighted by Crippen LogP contribution is 2.36. The molecule has 0 spiro atoms. The normalized spacial score (nSPS) is 18.2. The number of carbonyl (C=O) groups excluding carboxylic acids is 1. The first-order valence-corrected chi connectivity index (χ1v) is 6.29. The third-order valence-electron chi connectivity index (χ3n) is 3.15. The minimum absolute atomic E-state index is 0.120. The molecule has 2 aromatic rings. The second-order valence-corrected chi connectivity index (χ2v) is 5.00. The van der Waals surface area contributed by atoms with Gasteiger partial charge in [0.1, 0.15) is 0 Å². The predicted molar refractivity (Wildman–Crippen MR) is 69.2 cm³/mol. The van der Waals surface area contributed by atoms with Gasteiger partial charge < -0.3 is 0 Å². The Hall–Kier alpha value is -1.48. The minimum Gasteiger partial charge on any atom is -0.293 e. The molecule has 1 heterocycles. The first-order valence-electron chi connectivity index (χ1n) is 5.50. The average Bonchev–Trinajstić information content (AvgIpc) is 2.70. The van der Waals surface area contributed by atoms with Gasteiger partial charge >= 0.3 is 0 Å². The van der Waals surface area contributed by atoms with Crippen LogP contribution in [0.4, 0.5) is 0 Å². The van der Waals surface area contributed by atoms with E-state index in [1.807, 2.05) is 36.4 Å². The van der Waals surface area contributed by atoms with Gasteiger partial charge in [-0.3, -0.25) is 9.78 Å². The molecule has 84 valence electrons. The third kappa shape index (κ3) is 1.71. The Morgan fingerprint density at radius 2 is 2.06 bits per heavy atom. The van der Waals surface area contributed by atoms with Crippen LogP contribution in [-0.2, 0) is 6.42 Å². The monoisotopic (exact) mass is 287 g/mol. The molecule has 0 saturated heterocycles. The van der Waals surface area contributed by atoms with Crippen LogP contribution in [0.15, 0.2) is 47.1 Å². The summed E-state index contributed by atoms with van der Waals surface area (Å²) < 4.78 is 1.02. The van der Waals surface area contributed by atoms with E-state index in [4.69, 9.17) is 0 Å². The lowest BCUT2D eigenvalue weighted by Crippen LogP contribution is -2.08. The van der Waals surface area contributed by atoms with E-state index in [0.717, 1.165) is 27.7 Å². The summed E-state index contributed by atoms with van der Waals surface area (Å²) >= 11 is 3.50. The fraction of sp³-hybridized carbons (Fsp3) is 0.143. The predicted octanol–water partition coefficient (Wildman–Crippen LogP) is 3.37. The second kappa shape index (κ2) is 4.08. The van der Waals surface area contributed by atoms with Crippen molar-refractivity contribution in [2.75, 3.05) is 0 Å². The lowest BCUT2D eigenvalue weighted by molar-refractivity contribution is 0.0971. The molecule has 0 N–H and O–H groups in total. The van der Waals surface area contributed by atoms with Gasteiger partial charge in [0.25, 0.3) is 0 Å². The lowest BCUT2D eigenvalue weighted by atomic mass is 10.0. The highest BCUT2D eigenvalue weighted by atomic mass is 79.9. The van der Waals surface area contributed by atoms with Gasteiger partial charge in [-0.15, -0.1) is 0 Å². The fourth-order valence-electron chi connectivity index (χ4n) is 2.30. The molecule has 1 aromatic heterocycles. The number of ketones is 1. The Labute approximate surface area is 108 Å². The van der Waals surface area contributed by atoms with Gasteiger partial charge in [-0.2, -0.15) is 0 Å². The maximum absolute atomic E-state index is 12.3. The SMILES string of the molecule is O=C1c2cccc(Br)c2CC1c1ccccn1. The molecule has 17 heavy (non-hydrogen) atoms. The summed E-state index contributed by atoms with van der Waals surface area (Å²) in [6.07, 6.45) is 2.48. The molecular formula is C14H10BrNO. The number of pyridine rings is 1. The van der Waals surface area contributed by atoms with Crippen molar-refractivity contribution in [3.05, 3.63) is 63.9 Å². The van der Waals surface area contributed by atoms with Crippen molar-refractivity contribution < 1.29 is 4.79 Å². The van der Waals surface area contributed by atoms with Crippen molar-refractivity contribution in [3.63, 3.8) is 0 Å². The number of carbonyl (C=O) groups is 1. The number of hydrogen-bond acceptors (Lipinski definition) is 2. The summed E-state index contributed by atoms with van der Waals surface area (Å²) in [6.45, 7) is 0. The molecule has 0 bridgehead atoms. The van der Waals surface area contributed by atoms with Crippen molar-refractivity contribution in [2.45, 2.75) is 12.3 Å². The Balaban J connectivity index is 2.05. The number of fused-ring (bicyclic) bond motifs is 1. The van der Waals surface area contributed by atoms with Crippen LogP contribution in [0, 0.1) is 0 Å². The lowest BCUT2D eigenvalue weighted by Gasteiger charge is -2.05. The maximum Gasteiger partial charge on any atom is 0.172 e. The van der Waals surface area contributed by atoms with Gasteiger partial charge in [0, 0.05) is 16.2 Å². The standard InChI is InChI=1S/C14H10BrNO/c15-12-5-3-4-9-10(12)8-11(14(9)17)13-6-1-2-7-16-13/h1-7,11H,8H2. The Morgan fingerprint density at radius 1 is 1.18 bits per heavy atom. The molecule has 0 amide bonds. The first-order chi connectivity index (χ1) is 8.27. The van der Waals surface area contributed by atoms with Crippen molar-refractivity contribution >= 4 is 21.7 Å². The topological polar surface area (TPSA) is 30.0 Å². The van der Waals surface area contributed by atoms with Gasteiger partial charge in [-0.25, -0.2) is 0 Å². The molecule has 0 fully saturated rings. The van der Waals surface area contributed by atoms with E-state index in [0.29, 0.717) is 0 Å². The van der Waals surface area contributed by atoms with Crippen LogP contribution >= 0.6 is 15.9 Å². The molecule has 1 aromatic carbocycles. The second-order valence-electron chi connectivity index (χ2n) is 4.14. The third-order valence-corrected chi connectivity index (χ3v) is 3.90. The van der Waals surface area contributed by atoms with E-state index in [1.54, 1.807) is 6.20 Å². The van der Waals surface area contributed by atoms with Crippen LogP contribution in [0.2, 0.25) is 0 Å². The first kappa shape index (κ1) is 10.7. The molecule has 1 aliphatic carbocycles. The van der Waals surface area contributed by atoms with Gasteiger partial charge in [0.15, 0.2) is 5.78 Å². The van der Waals surface area contributed by atoms with Gasteiger partial charge in [0.2, 0.25) is 0 Å². The summed E-state index contributed by atoms with van der Waals surface area (Å²) in [5, 5.41) is 0. The zero-order chi connectivity index (χ0) is 11.8. The molecule has 0 saturated carbocycles. The molecule has 0 aliphatic heterocycles. The van der Waals surface area contributed by atoms with E-state index in [9.17, 15) is 4.79 Å².